The SMILES string of the molecule is c1ccc(C2CC(c3ccn[nH]3)C2)cc1. The molecular weight excluding hydrogens is 184 g/mol. The summed E-state index contributed by atoms with van der Waals surface area (Å²) in [6.45, 7) is 0. The van der Waals surface area contributed by atoms with E-state index in [-0.39, 0.29) is 0 Å². The first-order valence-corrected chi connectivity index (χ1v) is 5.47. The molecule has 0 saturated heterocycles. The van der Waals surface area contributed by atoms with Gasteiger partial charge in [0.15, 0.2) is 0 Å². The van der Waals surface area contributed by atoms with E-state index in [0.29, 0.717) is 5.92 Å². The number of nitrogens with zero attached hydrogens (tertiary/aromatic N) is 1. The van der Waals surface area contributed by atoms with Crippen molar-refractivity contribution in [2.75, 3.05) is 0 Å². The van der Waals surface area contributed by atoms with Gasteiger partial charge in [-0.3, -0.25) is 5.10 Å². The molecular formula is C13H14N2. The summed E-state index contributed by atoms with van der Waals surface area (Å²) in [7, 11) is 0. The van der Waals surface area contributed by atoms with Crippen molar-refractivity contribution in [1.29, 1.82) is 0 Å². The zero-order valence-electron chi connectivity index (χ0n) is 8.56. The third kappa shape index (κ3) is 1.56. The van der Waals surface area contributed by atoms with Crippen LogP contribution in [0.25, 0.3) is 0 Å². The van der Waals surface area contributed by atoms with Crippen molar-refractivity contribution in [3.63, 3.8) is 0 Å². The summed E-state index contributed by atoms with van der Waals surface area (Å²) in [5.74, 6) is 1.44. The van der Waals surface area contributed by atoms with Crippen LogP contribution in [0.5, 0.6) is 0 Å². The minimum absolute atomic E-state index is 0.692. The molecule has 0 unspecified atom stereocenters. The maximum Gasteiger partial charge on any atom is 0.0490 e. The summed E-state index contributed by atoms with van der Waals surface area (Å²) in [4.78, 5) is 0. The van der Waals surface area contributed by atoms with E-state index in [9.17, 15) is 0 Å². The van der Waals surface area contributed by atoms with E-state index < -0.39 is 0 Å². The van der Waals surface area contributed by atoms with E-state index in [1.807, 2.05) is 6.20 Å². The minimum Gasteiger partial charge on any atom is -0.282 e. The Morgan fingerprint density at radius 2 is 1.80 bits per heavy atom. The van der Waals surface area contributed by atoms with Crippen LogP contribution in [0.4, 0.5) is 0 Å². The van der Waals surface area contributed by atoms with E-state index in [0.717, 1.165) is 5.92 Å². The maximum absolute atomic E-state index is 4.00. The highest BCUT2D eigenvalue weighted by Gasteiger charge is 2.31. The Kier molecular flexibility index (Phi) is 2.05. The van der Waals surface area contributed by atoms with E-state index in [4.69, 9.17) is 0 Å². The minimum atomic E-state index is 0.692. The molecule has 0 radical (unpaired) electrons. The van der Waals surface area contributed by atoms with Gasteiger partial charge in [0.1, 0.15) is 0 Å². The van der Waals surface area contributed by atoms with Gasteiger partial charge < -0.3 is 0 Å². The molecule has 0 atom stereocenters. The topological polar surface area (TPSA) is 28.7 Å². The quantitative estimate of drug-likeness (QED) is 0.789. The first kappa shape index (κ1) is 8.72. The van der Waals surface area contributed by atoms with Gasteiger partial charge in [0.25, 0.3) is 0 Å². The second-order valence-corrected chi connectivity index (χ2v) is 4.29. The molecule has 2 heteroatoms. The Balaban J connectivity index is 1.68. The smallest absolute Gasteiger partial charge is 0.0490 e. The van der Waals surface area contributed by atoms with Crippen LogP contribution in [0, 0.1) is 0 Å². The van der Waals surface area contributed by atoms with Crippen LogP contribution in [0.15, 0.2) is 42.6 Å². The third-order valence-electron chi connectivity index (χ3n) is 3.37. The van der Waals surface area contributed by atoms with Crippen molar-refractivity contribution in [3.05, 3.63) is 53.9 Å². The predicted octanol–water partition coefficient (Wildman–Crippen LogP) is 3.07. The van der Waals surface area contributed by atoms with Gasteiger partial charge in [-0.1, -0.05) is 30.3 Å². The van der Waals surface area contributed by atoms with Gasteiger partial charge in [0.2, 0.25) is 0 Å². The Labute approximate surface area is 89.3 Å². The molecule has 0 amide bonds. The highest BCUT2D eigenvalue weighted by atomic mass is 15.1. The Morgan fingerprint density at radius 3 is 2.47 bits per heavy atom. The molecule has 2 nitrogen and oxygen atoms in total. The number of hydrogen-bond acceptors (Lipinski definition) is 1. The Bertz CT molecular complexity index is 413. The summed E-state index contributed by atoms with van der Waals surface area (Å²) in [6.07, 6.45) is 4.35. The summed E-state index contributed by atoms with van der Waals surface area (Å²) < 4.78 is 0. The molecule has 1 N–H and O–H groups in total. The van der Waals surface area contributed by atoms with E-state index in [1.165, 1.54) is 24.1 Å². The first-order valence-electron chi connectivity index (χ1n) is 5.47. The fourth-order valence-electron chi connectivity index (χ4n) is 2.36. The van der Waals surface area contributed by atoms with Crippen LogP contribution in [0.1, 0.15) is 35.9 Å². The molecule has 1 saturated carbocycles. The van der Waals surface area contributed by atoms with E-state index in [2.05, 4.69) is 46.6 Å². The van der Waals surface area contributed by atoms with Crippen molar-refractivity contribution in [2.45, 2.75) is 24.7 Å². The largest absolute Gasteiger partial charge is 0.282 e. The van der Waals surface area contributed by atoms with Gasteiger partial charge in [-0.15, -0.1) is 0 Å². The van der Waals surface area contributed by atoms with Crippen LogP contribution >= 0.6 is 0 Å². The van der Waals surface area contributed by atoms with Crippen molar-refractivity contribution in [2.24, 2.45) is 0 Å². The zero-order valence-corrected chi connectivity index (χ0v) is 8.56. The molecule has 0 aliphatic heterocycles. The van der Waals surface area contributed by atoms with Crippen molar-refractivity contribution in [3.8, 4) is 0 Å². The summed E-state index contributed by atoms with van der Waals surface area (Å²) in [5.41, 5.74) is 2.77. The third-order valence-corrected chi connectivity index (χ3v) is 3.37. The monoisotopic (exact) mass is 198 g/mol. The highest BCUT2D eigenvalue weighted by Crippen LogP contribution is 2.46. The highest BCUT2D eigenvalue weighted by molar-refractivity contribution is 5.25. The molecule has 1 aliphatic carbocycles. The second kappa shape index (κ2) is 3.54. The predicted molar refractivity (Wildman–Crippen MR) is 59.7 cm³/mol. The summed E-state index contributed by atoms with van der Waals surface area (Å²) in [5, 5.41) is 7.06. The Morgan fingerprint density at radius 1 is 1.00 bits per heavy atom. The maximum atomic E-state index is 4.00. The summed E-state index contributed by atoms with van der Waals surface area (Å²) in [6, 6.07) is 12.9. The zero-order chi connectivity index (χ0) is 10.1. The van der Waals surface area contributed by atoms with Crippen LogP contribution in [-0.2, 0) is 0 Å². The lowest BCUT2D eigenvalue weighted by Crippen LogP contribution is -2.20. The molecule has 0 spiro atoms. The van der Waals surface area contributed by atoms with Crippen molar-refractivity contribution < 1.29 is 0 Å². The van der Waals surface area contributed by atoms with Gasteiger partial charge in [0, 0.05) is 17.8 Å². The lowest BCUT2D eigenvalue weighted by atomic mass is 9.70. The molecule has 2 aromatic rings. The Hall–Kier alpha value is -1.57. The average Bonchev–Trinajstić information content (AvgIpc) is 2.70. The van der Waals surface area contributed by atoms with Crippen LogP contribution in [0.3, 0.4) is 0 Å². The van der Waals surface area contributed by atoms with Crippen LogP contribution < -0.4 is 0 Å². The lowest BCUT2D eigenvalue weighted by Gasteiger charge is -2.34. The molecule has 15 heavy (non-hydrogen) atoms. The molecule has 1 aromatic carbocycles. The van der Waals surface area contributed by atoms with Gasteiger partial charge in [-0.05, 0) is 30.4 Å². The molecule has 1 aliphatic rings. The van der Waals surface area contributed by atoms with E-state index >= 15 is 0 Å². The number of benzene rings is 1. The van der Waals surface area contributed by atoms with Crippen LogP contribution in [-0.4, -0.2) is 10.2 Å². The fraction of sp³-hybridized carbons (Fsp3) is 0.308. The second-order valence-electron chi connectivity index (χ2n) is 4.29. The van der Waals surface area contributed by atoms with Crippen molar-refractivity contribution in [1.82, 2.24) is 10.2 Å². The molecule has 1 aromatic heterocycles. The number of H-pyrrole nitrogens is 1. The first-order chi connectivity index (χ1) is 7.43. The summed E-state index contributed by atoms with van der Waals surface area (Å²) >= 11 is 0. The van der Waals surface area contributed by atoms with Gasteiger partial charge >= 0.3 is 0 Å². The molecule has 3 rings (SSSR count). The van der Waals surface area contributed by atoms with E-state index in [1.54, 1.807) is 0 Å². The standard InChI is InChI=1S/C13H14N2/c1-2-4-10(5-3-1)11-8-12(9-11)13-6-7-14-15-13/h1-7,11-12H,8-9H2,(H,14,15). The molecule has 0 bridgehead atoms. The molecule has 76 valence electrons. The number of aromatic nitrogens is 2. The van der Waals surface area contributed by atoms with Gasteiger partial charge in [0.05, 0.1) is 0 Å². The number of hydrogen-bond donors (Lipinski definition) is 1. The number of aromatic amines is 1. The van der Waals surface area contributed by atoms with Gasteiger partial charge in [-0.2, -0.15) is 5.10 Å². The average molecular weight is 198 g/mol. The number of rotatable bonds is 2. The van der Waals surface area contributed by atoms with Gasteiger partial charge in [-0.25, -0.2) is 0 Å². The fourth-order valence-corrected chi connectivity index (χ4v) is 2.36. The normalized spacial score (nSPS) is 24.8. The van der Waals surface area contributed by atoms with Crippen molar-refractivity contribution >= 4 is 0 Å². The molecule has 1 heterocycles. The van der Waals surface area contributed by atoms with Crippen LogP contribution in [0.2, 0.25) is 0 Å². The molecule has 1 fully saturated rings. The number of nitrogens with one attached hydrogen (secondary N) is 1. The lowest BCUT2D eigenvalue weighted by molar-refractivity contribution is 0.345.